The first-order valence-electron chi connectivity index (χ1n) is 8.50. The van der Waals surface area contributed by atoms with Gasteiger partial charge in [0.25, 0.3) is 5.91 Å². The fourth-order valence-electron chi connectivity index (χ4n) is 3.21. The molecule has 0 saturated heterocycles. The monoisotopic (exact) mass is 360 g/mol. The molecular weight excluding hydrogens is 336 g/mol. The smallest absolute Gasteiger partial charge is 0.251 e. The van der Waals surface area contributed by atoms with Crippen LogP contribution in [0.5, 0.6) is 5.75 Å². The molecule has 1 aliphatic rings. The summed E-state index contributed by atoms with van der Waals surface area (Å²) in [4.78, 5) is 12.6. The van der Waals surface area contributed by atoms with E-state index in [9.17, 15) is 4.79 Å². The molecule has 4 nitrogen and oxygen atoms in total. The molecule has 0 aliphatic heterocycles. The molecule has 0 unspecified atom stereocenters. The number of carbonyl (C=O) groups is 1. The van der Waals surface area contributed by atoms with Gasteiger partial charge in [-0.05, 0) is 36.6 Å². The largest absolute Gasteiger partial charge is 0.489 e. The average molecular weight is 361 g/mol. The first-order chi connectivity index (χ1) is 11.7. The molecule has 0 heterocycles. The summed E-state index contributed by atoms with van der Waals surface area (Å²) in [5.41, 5.74) is 7.37. The third-order valence-electron chi connectivity index (χ3n) is 4.67. The van der Waals surface area contributed by atoms with Gasteiger partial charge in [-0.3, -0.25) is 4.79 Å². The molecule has 0 aromatic heterocycles. The standard InChI is InChI=1S/C20H24N2O2.ClH/c21-15-20(11-4-5-12-20)22-19(23)17-9-6-10-18(13-17)24-14-16-7-2-1-3-8-16;/h1-3,6-10,13H,4-5,11-12,14-15,21H2,(H,22,23);1H. The normalized spacial score (nSPS) is 15.2. The van der Waals surface area contributed by atoms with Crippen LogP contribution in [0, 0.1) is 0 Å². The summed E-state index contributed by atoms with van der Waals surface area (Å²) in [6.07, 6.45) is 4.16. The van der Waals surface area contributed by atoms with Crippen LogP contribution in [0.25, 0.3) is 0 Å². The van der Waals surface area contributed by atoms with E-state index in [1.807, 2.05) is 48.5 Å². The summed E-state index contributed by atoms with van der Waals surface area (Å²) < 4.78 is 5.80. The lowest BCUT2D eigenvalue weighted by atomic mass is 9.97. The third-order valence-corrected chi connectivity index (χ3v) is 4.67. The van der Waals surface area contributed by atoms with E-state index >= 15 is 0 Å². The fraction of sp³-hybridized carbons (Fsp3) is 0.350. The number of nitrogens with one attached hydrogen (secondary N) is 1. The van der Waals surface area contributed by atoms with Gasteiger partial charge in [0.2, 0.25) is 0 Å². The van der Waals surface area contributed by atoms with Gasteiger partial charge in [0, 0.05) is 12.1 Å². The Morgan fingerprint density at radius 2 is 1.80 bits per heavy atom. The molecule has 0 radical (unpaired) electrons. The maximum Gasteiger partial charge on any atom is 0.251 e. The van der Waals surface area contributed by atoms with Crippen molar-refractivity contribution in [3.8, 4) is 5.75 Å². The Kier molecular flexibility index (Phi) is 6.85. The van der Waals surface area contributed by atoms with Gasteiger partial charge in [0.05, 0.1) is 5.54 Å². The first-order valence-corrected chi connectivity index (χ1v) is 8.50. The van der Waals surface area contributed by atoms with E-state index in [4.69, 9.17) is 10.5 Å². The molecule has 3 rings (SSSR count). The predicted molar refractivity (Wildman–Crippen MR) is 102 cm³/mol. The summed E-state index contributed by atoms with van der Waals surface area (Å²) in [6, 6.07) is 17.3. The zero-order valence-electron chi connectivity index (χ0n) is 14.2. The van der Waals surface area contributed by atoms with Crippen molar-refractivity contribution in [2.75, 3.05) is 6.54 Å². The summed E-state index contributed by atoms with van der Waals surface area (Å²) in [6.45, 7) is 0.974. The molecule has 0 atom stereocenters. The van der Waals surface area contributed by atoms with Crippen LogP contribution in [0.3, 0.4) is 0 Å². The molecule has 2 aromatic rings. The number of hydrogen-bond donors (Lipinski definition) is 2. The van der Waals surface area contributed by atoms with Gasteiger partial charge in [0.15, 0.2) is 0 Å². The van der Waals surface area contributed by atoms with E-state index in [1.54, 1.807) is 6.07 Å². The predicted octanol–water partition coefficient (Wildman–Crippen LogP) is 3.69. The molecule has 1 saturated carbocycles. The molecule has 3 N–H and O–H groups in total. The number of hydrogen-bond acceptors (Lipinski definition) is 3. The maximum absolute atomic E-state index is 12.6. The second-order valence-electron chi connectivity index (χ2n) is 6.45. The van der Waals surface area contributed by atoms with Crippen LogP contribution in [-0.2, 0) is 6.61 Å². The van der Waals surface area contributed by atoms with Crippen molar-refractivity contribution in [3.05, 3.63) is 65.7 Å². The molecule has 0 spiro atoms. The third kappa shape index (κ3) is 4.97. The van der Waals surface area contributed by atoms with Gasteiger partial charge in [-0.15, -0.1) is 12.4 Å². The molecule has 1 fully saturated rings. The lowest BCUT2D eigenvalue weighted by Gasteiger charge is -2.28. The Morgan fingerprint density at radius 3 is 2.48 bits per heavy atom. The van der Waals surface area contributed by atoms with Crippen LogP contribution in [0.15, 0.2) is 54.6 Å². The van der Waals surface area contributed by atoms with E-state index in [-0.39, 0.29) is 23.9 Å². The van der Waals surface area contributed by atoms with Gasteiger partial charge in [-0.1, -0.05) is 49.2 Å². The maximum atomic E-state index is 12.6. The molecule has 1 amide bonds. The van der Waals surface area contributed by atoms with E-state index < -0.39 is 0 Å². The van der Waals surface area contributed by atoms with Crippen molar-refractivity contribution in [3.63, 3.8) is 0 Å². The van der Waals surface area contributed by atoms with Gasteiger partial charge in [-0.2, -0.15) is 0 Å². The fourth-order valence-corrected chi connectivity index (χ4v) is 3.21. The van der Waals surface area contributed by atoms with E-state index in [2.05, 4.69) is 5.32 Å². The highest BCUT2D eigenvalue weighted by Crippen LogP contribution is 2.29. The van der Waals surface area contributed by atoms with Gasteiger partial charge >= 0.3 is 0 Å². The Hall–Kier alpha value is -2.04. The molecule has 134 valence electrons. The molecule has 2 aromatic carbocycles. The Morgan fingerprint density at radius 1 is 1.08 bits per heavy atom. The van der Waals surface area contributed by atoms with Crippen molar-refractivity contribution in [2.24, 2.45) is 5.73 Å². The van der Waals surface area contributed by atoms with E-state index in [1.165, 1.54) is 0 Å². The van der Waals surface area contributed by atoms with Crippen LogP contribution < -0.4 is 15.8 Å². The summed E-state index contributed by atoms with van der Waals surface area (Å²) in [7, 11) is 0. The average Bonchev–Trinajstić information content (AvgIpc) is 3.10. The van der Waals surface area contributed by atoms with Crippen LogP contribution in [-0.4, -0.2) is 18.0 Å². The number of ether oxygens (including phenoxy) is 1. The zero-order chi connectivity index (χ0) is 16.8. The zero-order valence-corrected chi connectivity index (χ0v) is 15.1. The van der Waals surface area contributed by atoms with Crippen molar-refractivity contribution < 1.29 is 9.53 Å². The van der Waals surface area contributed by atoms with Crippen LogP contribution in [0.2, 0.25) is 0 Å². The Bertz CT molecular complexity index is 685. The highest BCUT2D eigenvalue weighted by molar-refractivity contribution is 5.95. The van der Waals surface area contributed by atoms with Crippen molar-refractivity contribution >= 4 is 18.3 Å². The van der Waals surface area contributed by atoms with Gasteiger partial charge in [-0.25, -0.2) is 0 Å². The topological polar surface area (TPSA) is 64.3 Å². The van der Waals surface area contributed by atoms with Gasteiger partial charge in [0.1, 0.15) is 12.4 Å². The first kappa shape index (κ1) is 19.3. The van der Waals surface area contributed by atoms with Crippen LogP contribution >= 0.6 is 12.4 Å². The quantitative estimate of drug-likeness (QED) is 0.825. The number of halogens is 1. The number of carbonyl (C=O) groups excluding carboxylic acids is 1. The molecular formula is C20H25ClN2O2. The Balaban J connectivity index is 0.00000225. The second-order valence-corrected chi connectivity index (χ2v) is 6.45. The lowest BCUT2D eigenvalue weighted by molar-refractivity contribution is 0.0902. The highest BCUT2D eigenvalue weighted by atomic mass is 35.5. The van der Waals surface area contributed by atoms with Crippen molar-refractivity contribution in [1.82, 2.24) is 5.32 Å². The van der Waals surface area contributed by atoms with Crippen LogP contribution in [0.1, 0.15) is 41.6 Å². The second kappa shape index (κ2) is 8.88. The minimum atomic E-state index is -0.238. The minimum absolute atomic E-state index is 0. The summed E-state index contributed by atoms with van der Waals surface area (Å²) in [5, 5.41) is 3.14. The van der Waals surface area contributed by atoms with Crippen molar-refractivity contribution in [1.29, 1.82) is 0 Å². The van der Waals surface area contributed by atoms with Crippen LogP contribution in [0.4, 0.5) is 0 Å². The van der Waals surface area contributed by atoms with E-state index in [0.717, 1.165) is 31.2 Å². The molecule has 5 heteroatoms. The highest BCUT2D eigenvalue weighted by Gasteiger charge is 2.34. The summed E-state index contributed by atoms with van der Waals surface area (Å²) >= 11 is 0. The summed E-state index contributed by atoms with van der Waals surface area (Å²) in [5.74, 6) is 0.618. The SMILES string of the molecule is Cl.NCC1(NC(=O)c2cccc(OCc3ccccc3)c2)CCCC1. The number of rotatable bonds is 6. The minimum Gasteiger partial charge on any atom is -0.489 e. The number of amides is 1. The molecule has 25 heavy (non-hydrogen) atoms. The lowest BCUT2D eigenvalue weighted by Crippen LogP contribution is -2.51. The Labute approximate surface area is 155 Å². The number of benzene rings is 2. The van der Waals surface area contributed by atoms with Crippen molar-refractivity contribution in [2.45, 2.75) is 37.8 Å². The van der Waals surface area contributed by atoms with E-state index in [0.29, 0.717) is 24.5 Å². The molecule has 0 bridgehead atoms. The number of nitrogens with two attached hydrogens (primary N) is 1. The van der Waals surface area contributed by atoms with Gasteiger partial charge < -0.3 is 15.8 Å². The molecule has 1 aliphatic carbocycles.